The lowest BCUT2D eigenvalue weighted by Crippen LogP contribution is -2.14. The molecule has 0 radical (unpaired) electrons. The molecule has 1 aliphatic heterocycles. The molecule has 0 bridgehead atoms. The first-order valence-corrected chi connectivity index (χ1v) is 4.33. The molecule has 1 aliphatic rings. The van der Waals surface area contributed by atoms with Crippen molar-refractivity contribution in [2.45, 2.75) is 33.2 Å². The quantitative estimate of drug-likeness (QED) is 0.568. The van der Waals surface area contributed by atoms with E-state index in [9.17, 15) is 0 Å². The third-order valence-corrected chi connectivity index (χ3v) is 1.71. The molecule has 64 valence electrons. The van der Waals surface area contributed by atoms with Crippen molar-refractivity contribution < 1.29 is 0 Å². The highest BCUT2D eigenvalue weighted by atomic mass is 15.0. The second-order valence-corrected chi connectivity index (χ2v) is 4.29. The lowest BCUT2D eigenvalue weighted by atomic mass is 9.99. The highest BCUT2D eigenvalue weighted by Gasteiger charge is 2.13. The third kappa shape index (κ3) is 3.51. The molecular formula is C9H18N2. The van der Waals surface area contributed by atoms with Gasteiger partial charge in [-0.05, 0) is 18.4 Å². The Hall–Kier alpha value is -0.370. The molecule has 0 aromatic heterocycles. The Morgan fingerprint density at radius 3 is 2.64 bits per heavy atom. The minimum atomic E-state index is 0.239. The molecule has 2 heteroatoms. The Kier molecular flexibility index (Phi) is 2.66. The largest absolute Gasteiger partial charge is 0.315 e. The van der Waals surface area contributed by atoms with Crippen molar-refractivity contribution in [3.8, 4) is 0 Å². The summed E-state index contributed by atoms with van der Waals surface area (Å²) in [7, 11) is 0. The average Bonchev–Trinajstić information content (AvgIpc) is 2.32. The molecule has 0 aliphatic carbocycles. The molecule has 11 heavy (non-hydrogen) atoms. The monoisotopic (exact) mass is 154 g/mol. The van der Waals surface area contributed by atoms with Crippen LogP contribution in [-0.4, -0.2) is 25.3 Å². The Morgan fingerprint density at radius 1 is 1.45 bits per heavy atom. The van der Waals surface area contributed by atoms with Gasteiger partial charge < -0.3 is 5.32 Å². The van der Waals surface area contributed by atoms with Crippen LogP contribution in [0.25, 0.3) is 0 Å². The Balaban J connectivity index is 2.34. The van der Waals surface area contributed by atoms with Crippen molar-refractivity contribution in [2.75, 3.05) is 13.1 Å². The second kappa shape index (κ2) is 3.35. The normalized spacial score (nSPS) is 26.6. The lowest BCUT2D eigenvalue weighted by molar-refractivity contribution is 0.596. The van der Waals surface area contributed by atoms with E-state index in [0.29, 0.717) is 6.04 Å². The van der Waals surface area contributed by atoms with Gasteiger partial charge in [0, 0.05) is 12.8 Å². The van der Waals surface area contributed by atoms with Gasteiger partial charge in [-0.2, -0.15) is 0 Å². The van der Waals surface area contributed by atoms with E-state index in [1.165, 1.54) is 6.42 Å². The number of hydrogen-bond donors (Lipinski definition) is 1. The summed E-state index contributed by atoms with van der Waals surface area (Å²) in [4.78, 5) is 4.51. The maximum atomic E-state index is 4.51. The van der Waals surface area contributed by atoms with Gasteiger partial charge in [0.05, 0.1) is 6.04 Å². The van der Waals surface area contributed by atoms with Crippen LogP contribution in [0, 0.1) is 5.41 Å². The van der Waals surface area contributed by atoms with E-state index >= 15 is 0 Å². The smallest absolute Gasteiger partial charge is 0.0632 e. The summed E-state index contributed by atoms with van der Waals surface area (Å²) in [6.45, 7) is 8.73. The van der Waals surface area contributed by atoms with Gasteiger partial charge in [0.25, 0.3) is 0 Å². The van der Waals surface area contributed by atoms with Crippen LogP contribution in [0.15, 0.2) is 4.99 Å². The zero-order valence-electron chi connectivity index (χ0n) is 7.72. The van der Waals surface area contributed by atoms with Crippen molar-refractivity contribution in [1.29, 1.82) is 0 Å². The molecule has 0 aromatic rings. The summed E-state index contributed by atoms with van der Waals surface area (Å²) in [5.41, 5.74) is 0.239. The summed E-state index contributed by atoms with van der Waals surface area (Å²) in [6.07, 6.45) is 3.28. The molecular weight excluding hydrogens is 136 g/mol. The zero-order valence-corrected chi connectivity index (χ0v) is 7.72. The summed E-state index contributed by atoms with van der Waals surface area (Å²) < 4.78 is 0. The number of aliphatic imine (C=N–C) groups is 1. The van der Waals surface area contributed by atoms with Gasteiger partial charge >= 0.3 is 0 Å². The molecule has 1 N–H and O–H groups in total. The Morgan fingerprint density at radius 2 is 2.18 bits per heavy atom. The molecule has 1 rings (SSSR count). The van der Waals surface area contributed by atoms with Crippen LogP contribution >= 0.6 is 0 Å². The van der Waals surface area contributed by atoms with E-state index in [1.54, 1.807) is 0 Å². The first-order valence-electron chi connectivity index (χ1n) is 4.33. The SMILES string of the molecule is CC(C)(C)/C=N/[C@H]1CCNC1. The van der Waals surface area contributed by atoms with Gasteiger partial charge in [-0.25, -0.2) is 0 Å². The van der Waals surface area contributed by atoms with Crippen LogP contribution in [0.2, 0.25) is 0 Å². The molecule has 0 unspecified atom stereocenters. The number of hydrogen-bond acceptors (Lipinski definition) is 2. The van der Waals surface area contributed by atoms with Crippen LogP contribution in [0.5, 0.6) is 0 Å². The average molecular weight is 154 g/mol. The minimum Gasteiger partial charge on any atom is -0.315 e. The van der Waals surface area contributed by atoms with Crippen LogP contribution in [0.1, 0.15) is 27.2 Å². The molecule has 0 aromatic carbocycles. The topological polar surface area (TPSA) is 24.4 Å². The van der Waals surface area contributed by atoms with Gasteiger partial charge in [0.15, 0.2) is 0 Å². The highest BCUT2D eigenvalue weighted by molar-refractivity contribution is 5.64. The van der Waals surface area contributed by atoms with Crippen LogP contribution in [0.3, 0.4) is 0 Å². The predicted molar refractivity (Wildman–Crippen MR) is 49.2 cm³/mol. The molecule has 1 atom stereocenters. The highest BCUT2D eigenvalue weighted by Crippen LogP contribution is 2.10. The van der Waals surface area contributed by atoms with Gasteiger partial charge in [0.1, 0.15) is 0 Å². The van der Waals surface area contributed by atoms with E-state index < -0.39 is 0 Å². The molecule has 0 saturated carbocycles. The third-order valence-electron chi connectivity index (χ3n) is 1.71. The molecule has 1 saturated heterocycles. The van der Waals surface area contributed by atoms with Gasteiger partial charge in [0.2, 0.25) is 0 Å². The van der Waals surface area contributed by atoms with E-state index in [4.69, 9.17) is 0 Å². The first-order chi connectivity index (χ1) is 5.08. The standard InChI is InChI=1S/C9H18N2/c1-9(2,3)7-11-8-4-5-10-6-8/h7-8,10H,4-6H2,1-3H3/b11-7+/t8-/m0/s1. The lowest BCUT2D eigenvalue weighted by Gasteiger charge is -2.11. The van der Waals surface area contributed by atoms with Crippen LogP contribution in [0.4, 0.5) is 0 Å². The van der Waals surface area contributed by atoms with E-state index in [-0.39, 0.29) is 5.41 Å². The first kappa shape index (κ1) is 8.72. The fourth-order valence-corrected chi connectivity index (χ4v) is 1.10. The number of rotatable bonds is 1. The maximum Gasteiger partial charge on any atom is 0.0632 e. The molecule has 1 heterocycles. The number of nitrogens with zero attached hydrogens (tertiary/aromatic N) is 1. The molecule has 1 fully saturated rings. The van der Waals surface area contributed by atoms with Crippen molar-refractivity contribution in [3.63, 3.8) is 0 Å². The van der Waals surface area contributed by atoms with Crippen LogP contribution < -0.4 is 5.32 Å². The van der Waals surface area contributed by atoms with Crippen molar-refractivity contribution >= 4 is 6.21 Å². The summed E-state index contributed by atoms with van der Waals surface area (Å²) in [5.74, 6) is 0. The molecule has 2 nitrogen and oxygen atoms in total. The Bertz CT molecular complexity index is 138. The van der Waals surface area contributed by atoms with E-state index in [2.05, 4.69) is 37.3 Å². The van der Waals surface area contributed by atoms with Crippen LogP contribution in [-0.2, 0) is 0 Å². The van der Waals surface area contributed by atoms with Crippen molar-refractivity contribution in [1.82, 2.24) is 5.32 Å². The summed E-state index contributed by atoms with van der Waals surface area (Å²) in [5, 5.41) is 3.29. The molecule has 0 amide bonds. The second-order valence-electron chi connectivity index (χ2n) is 4.29. The van der Waals surface area contributed by atoms with Gasteiger partial charge in [-0.3, -0.25) is 4.99 Å². The van der Waals surface area contributed by atoms with Crippen molar-refractivity contribution in [3.05, 3.63) is 0 Å². The molecule has 0 spiro atoms. The fraction of sp³-hybridized carbons (Fsp3) is 0.889. The van der Waals surface area contributed by atoms with Gasteiger partial charge in [-0.15, -0.1) is 0 Å². The Labute approximate surface area is 69.1 Å². The van der Waals surface area contributed by atoms with Crippen molar-refractivity contribution in [2.24, 2.45) is 10.4 Å². The maximum absolute atomic E-state index is 4.51. The summed E-state index contributed by atoms with van der Waals surface area (Å²) >= 11 is 0. The fourth-order valence-electron chi connectivity index (χ4n) is 1.10. The summed E-state index contributed by atoms with van der Waals surface area (Å²) in [6, 6.07) is 0.536. The minimum absolute atomic E-state index is 0.239. The zero-order chi connectivity index (χ0) is 8.32. The van der Waals surface area contributed by atoms with Gasteiger partial charge in [-0.1, -0.05) is 20.8 Å². The van der Waals surface area contributed by atoms with E-state index in [1.807, 2.05) is 0 Å². The predicted octanol–water partition coefficient (Wildman–Crippen LogP) is 1.47. The van der Waals surface area contributed by atoms with E-state index in [0.717, 1.165) is 13.1 Å². The number of nitrogens with one attached hydrogen (secondary N) is 1.